The quantitative estimate of drug-likeness (QED) is 0.908. The van der Waals surface area contributed by atoms with E-state index in [-0.39, 0.29) is 12.1 Å². The summed E-state index contributed by atoms with van der Waals surface area (Å²) in [7, 11) is 0. The number of nitriles is 1. The van der Waals surface area contributed by atoms with Crippen molar-refractivity contribution in [3.8, 4) is 6.07 Å². The van der Waals surface area contributed by atoms with Crippen molar-refractivity contribution < 1.29 is 9.53 Å². The second-order valence-electron chi connectivity index (χ2n) is 6.34. The Balaban J connectivity index is 1.91. The minimum atomic E-state index is -0.472. The normalized spacial score (nSPS) is 15.1. The predicted octanol–water partition coefficient (Wildman–Crippen LogP) is 2.90. The number of rotatable bonds is 2. The zero-order chi connectivity index (χ0) is 15.6. The number of carbonyl (C=O) groups is 1. The van der Waals surface area contributed by atoms with Gasteiger partial charge in [0.1, 0.15) is 11.7 Å². The van der Waals surface area contributed by atoms with Gasteiger partial charge in [-0.15, -0.1) is 0 Å². The molecule has 112 valence electrons. The Morgan fingerprint density at radius 1 is 1.43 bits per heavy atom. The van der Waals surface area contributed by atoms with Gasteiger partial charge < -0.3 is 15.0 Å². The molecule has 0 aliphatic carbocycles. The van der Waals surface area contributed by atoms with Crippen molar-refractivity contribution in [1.29, 1.82) is 5.26 Å². The SMILES string of the molecule is Cc1cccc(NC2CN(C(=O)OC(C)(C)C)C2)c1C#N. The molecule has 5 nitrogen and oxygen atoms in total. The van der Waals surface area contributed by atoms with Gasteiger partial charge >= 0.3 is 6.09 Å². The number of nitrogens with one attached hydrogen (secondary N) is 1. The van der Waals surface area contributed by atoms with Gasteiger partial charge in [0.15, 0.2) is 0 Å². The van der Waals surface area contributed by atoms with Crippen LogP contribution in [0.3, 0.4) is 0 Å². The monoisotopic (exact) mass is 287 g/mol. The molecule has 1 fully saturated rings. The highest BCUT2D eigenvalue weighted by molar-refractivity contribution is 5.70. The number of amides is 1. The van der Waals surface area contributed by atoms with E-state index in [9.17, 15) is 10.1 Å². The number of aryl methyl sites for hydroxylation is 1. The number of likely N-dealkylation sites (tertiary alicyclic amines) is 1. The van der Waals surface area contributed by atoms with Crippen LogP contribution in [0.5, 0.6) is 0 Å². The smallest absolute Gasteiger partial charge is 0.410 e. The molecule has 1 heterocycles. The first kappa shape index (κ1) is 15.2. The van der Waals surface area contributed by atoms with Crippen LogP contribution in [-0.4, -0.2) is 35.7 Å². The number of carbonyl (C=O) groups excluding carboxylic acids is 1. The molecule has 0 aromatic heterocycles. The number of benzene rings is 1. The van der Waals surface area contributed by atoms with E-state index in [0.717, 1.165) is 11.3 Å². The summed E-state index contributed by atoms with van der Waals surface area (Å²) in [5.41, 5.74) is 1.96. The van der Waals surface area contributed by atoms with Gasteiger partial charge in [0.25, 0.3) is 0 Å². The Bertz CT molecular complexity index is 578. The van der Waals surface area contributed by atoms with Crippen LogP contribution in [0.25, 0.3) is 0 Å². The zero-order valence-electron chi connectivity index (χ0n) is 12.9. The fourth-order valence-electron chi connectivity index (χ4n) is 2.20. The van der Waals surface area contributed by atoms with Crippen LogP contribution in [0, 0.1) is 18.3 Å². The number of nitrogens with zero attached hydrogens (tertiary/aromatic N) is 2. The fourth-order valence-corrected chi connectivity index (χ4v) is 2.20. The topological polar surface area (TPSA) is 65.4 Å². The number of ether oxygens (including phenoxy) is 1. The lowest BCUT2D eigenvalue weighted by Crippen LogP contribution is -2.58. The third kappa shape index (κ3) is 3.66. The van der Waals surface area contributed by atoms with E-state index >= 15 is 0 Å². The van der Waals surface area contributed by atoms with Gasteiger partial charge in [-0.2, -0.15) is 5.26 Å². The number of hydrogen-bond donors (Lipinski definition) is 1. The molecular weight excluding hydrogens is 266 g/mol. The standard InChI is InChI=1S/C16H21N3O2/c1-11-6-5-7-14(13(11)8-17)18-12-9-19(10-12)15(20)21-16(2,3)4/h5-7,12,18H,9-10H2,1-4H3. The maximum absolute atomic E-state index is 11.8. The Morgan fingerprint density at radius 2 is 2.10 bits per heavy atom. The number of anilines is 1. The molecule has 1 N–H and O–H groups in total. The molecular formula is C16H21N3O2. The lowest BCUT2D eigenvalue weighted by molar-refractivity contribution is 0.0105. The molecule has 1 amide bonds. The second kappa shape index (κ2) is 5.65. The molecule has 1 aliphatic heterocycles. The maximum Gasteiger partial charge on any atom is 0.410 e. The van der Waals surface area contributed by atoms with Crippen LogP contribution in [0.2, 0.25) is 0 Å². The van der Waals surface area contributed by atoms with Gasteiger partial charge in [-0.05, 0) is 39.3 Å². The van der Waals surface area contributed by atoms with Crippen LogP contribution in [0.1, 0.15) is 31.9 Å². The highest BCUT2D eigenvalue weighted by Crippen LogP contribution is 2.23. The Labute approximate surface area is 125 Å². The lowest BCUT2D eigenvalue weighted by atomic mass is 10.0. The summed E-state index contributed by atoms with van der Waals surface area (Å²) >= 11 is 0. The fraction of sp³-hybridized carbons (Fsp3) is 0.500. The summed E-state index contributed by atoms with van der Waals surface area (Å²) in [4.78, 5) is 13.5. The van der Waals surface area contributed by atoms with Crippen molar-refractivity contribution in [3.05, 3.63) is 29.3 Å². The first-order valence-electron chi connectivity index (χ1n) is 7.04. The Morgan fingerprint density at radius 3 is 2.67 bits per heavy atom. The summed E-state index contributed by atoms with van der Waals surface area (Å²) in [6, 6.07) is 8.10. The Hall–Kier alpha value is -2.22. The highest BCUT2D eigenvalue weighted by atomic mass is 16.6. The van der Waals surface area contributed by atoms with Crippen molar-refractivity contribution in [2.24, 2.45) is 0 Å². The van der Waals surface area contributed by atoms with E-state index in [2.05, 4.69) is 11.4 Å². The molecule has 0 saturated carbocycles. The molecule has 1 aliphatic rings. The number of hydrogen-bond acceptors (Lipinski definition) is 4. The molecule has 0 radical (unpaired) electrons. The third-order valence-electron chi connectivity index (χ3n) is 3.28. The summed E-state index contributed by atoms with van der Waals surface area (Å²) in [5, 5.41) is 12.5. The molecule has 0 bridgehead atoms. The third-order valence-corrected chi connectivity index (χ3v) is 3.28. The molecule has 1 aromatic carbocycles. The van der Waals surface area contributed by atoms with Crippen molar-refractivity contribution in [1.82, 2.24) is 4.90 Å². The van der Waals surface area contributed by atoms with Crippen LogP contribution >= 0.6 is 0 Å². The van der Waals surface area contributed by atoms with Gasteiger partial charge in [-0.3, -0.25) is 0 Å². The summed E-state index contributed by atoms with van der Waals surface area (Å²) in [6.07, 6.45) is -0.287. The van der Waals surface area contributed by atoms with Gasteiger partial charge in [-0.1, -0.05) is 12.1 Å². The van der Waals surface area contributed by atoms with Crippen LogP contribution in [0.15, 0.2) is 18.2 Å². The zero-order valence-corrected chi connectivity index (χ0v) is 12.9. The largest absolute Gasteiger partial charge is 0.444 e. The predicted molar refractivity (Wildman–Crippen MR) is 81.1 cm³/mol. The minimum absolute atomic E-state index is 0.159. The van der Waals surface area contributed by atoms with Gasteiger partial charge in [-0.25, -0.2) is 4.79 Å². The van der Waals surface area contributed by atoms with E-state index in [1.165, 1.54) is 0 Å². The molecule has 0 unspecified atom stereocenters. The molecule has 0 atom stereocenters. The van der Waals surface area contributed by atoms with Crippen LogP contribution in [-0.2, 0) is 4.74 Å². The molecule has 0 spiro atoms. The first-order valence-corrected chi connectivity index (χ1v) is 7.04. The average Bonchev–Trinajstić information content (AvgIpc) is 2.30. The minimum Gasteiger partial charge on any atom is -0.444 e. The molecule has 2 rings (SSSR count). The Kier molecular flexibility index (Phi) is 4.08. The van der Waals surface area contributed by atoms with E-state index in [0.29, 0.717) is 18.7 Å². The van der Waals surface area contributed by atoms with Gasteiger partial charge in [0.2, 0.25) is 0 Å². The van der Waals surface area contributed by atoms with E-state index < -0.39 is 5.60 Å². The van der Waals surface area contributed by atoms with Crippen molar-refractivity contribution in [2.75, 3.05) is 18.4 Å². The average molecular weight is 287 g/mol. The second-order valence-corrected chi connectivity index (χ2v) is 6.34. The first-order chi connectivity index (χ1) is 9.80. The van der Waals surface area contributed by atoms with Crippen molar-refractivity contribution >= 4 is 11.8 Å². The van der Waals surface area contributed by atoms with Gasteiger partial charge in [0.05, 0.1) is 17.3 Å². The maximum atomic E-state index is 11.8. The summed E-state index contributed by atoms with van der Waals surface area (Å²) in [5.74, 6) is 0. The molecule has 1 saturated heterocycles. The molecule has 1 aromatic rings. The summed E-state index contributed by atoms with van der Waals surface area (Å²) < 4.78 is 5.31. The molecule has 21 heavy (non-hydrogen) atoms. The van der Waals surface area contributed by atoms with Crippen molar-refractivity contribution in [2.45, 2.75) is 39.3 Å². The summed E-state index contributed by atoms with van der Waals surface area (Å²) in [6.45, 7) is 8.66. The molecule has 5 heteroatoms. The van der Waals surface area contributed by atoms with E-state index in [4.69, 9.17) is 4.74 Å². The van der Waals surface area contributed by atoms with Crippen LogP contribution in [0.4, 0.5) is 10.5 Å². The van der Waals surface area contributed by atoms with E-state index in [1.807, 2.05) is 45.9 Å². The van der Waals surface area contributed by atoms with Crippen LogP contribution < -0.4 is 5.32 Å². The lowest BCUT2D eigenvalue weighted by Gasteiger charge is -2.40. The highest BCUT2D eigenvalue weighted by Gasteiger charge is 2.33. The van der Waals surface area contributed by atoms with Gasteiger partial charge in [0, 0.05) is 13.1 Å². The van der Waals surface area contributed by atoms with E-state index in [1.54, 1.807) is 4.90 Å². The van der Waals surface area contributed by atoms with Crippen molar-refractivity contribution in [3.63, 3.8) is 0 Å².